The van der Waals surface area contributed by atoms with Crippen LogP contribution in [-0.4, -0.2) is 0 Å². The molecule has 0 heterocycles. The summed E-state index contributed by atoms with van der Waals surface area (Å²) in [6, 6.07) is 0. The molecule has 0 aromatic heterocycles. The van der Waals surface area contributed by atoms with Gasteiger partial charge in [0.1, 0.15) is 0 Å². The van der Waals surface area contributed by atoms with Crippen molar-refractivity contribution >= 4 is 0 Å². The lowest BCUT2D eigenvalue weighted by Gasteiger charge is -2.30. The molecule has 2 saturated carbocycles. The van der Waals surface area contributed by atoms with E-state index in [1.807, 2.05) is 0 Å². The summed E-state index contributed by atoms with van der Waals surface area (Å²) in [5.74, 6) is 3.31. The summed E-state index contributed by atoms with van der Waals surface area (Å²) < 4.78 is 0. The summed E-state index contributed by atoms with van der Waals surface area (Å²) in [6.45, 7) is 2.38. The van der Waals surface area contributed by atoms with E-state index in [0.29, 0.717) is 0 Å². The molecule has 0 amide bonds. The summed E-state index contributed by atoms with van der Waals surface area (Å²) in [5.41, 5.74) is 0. The molecule has 14 heavy (non-hydrogen) atoms. The van der Waals surface area contributed by atoms with Gasteiger partial charge in [-0.05, 0) is 30.6 Å². The van der Waals surface area contributed by atoms with Crippen LogP contribution in [0.15, 0.2) is 0 Å². The molecular formula is C14H26. The fourth-order valence-corrected chi connectivity index (χ4v) is 3.70. The maximum atomic E-state index is 2.38. The normalized spacial score (nSPS) is 34.9. The average molecular weight is 194 g/mol. The SMILES string of the molecule is CCC1CCC[C@H](CC2CCCC2)C1. The van der Waals surface area contributed by atoms with E-state index in [4.69, 9.17) is 0 Å². The first kappa shape index (κ1) is 10.5. The molecule has 2 aliphatic rings. The topological polar surface area (TPSA) is 0 Å². The van der Waals surface area contributed by atoms with Gasteiger partial charge < -0.3 is 0 Å². The van der Waals surface area contributed by atoms with Gasteiger partial charge in [-0.25, -0.2) is 0 Å². The third-order valence-electron chi connectivity index (χ3n) is 4.61. The minimum absolute atomic E-state index is 1.08. The Labute approximate surface area is 89.5 Å². The van der Waals surface area contributed by atoms with Gasteiger partial charge in [0.15, 0.2) is 0 Å². The van der Waals surface area contributed by atoms with Crippen LogP contribution < -0.4 is 0 Å². The smallest absolute Gasteiger partial charge is 0.0409 e. The molecule has 1 unspecified atom stereocenters. The van der Waals surface area contributed by atoms with Gasteiger partial charge in [0, 0.05) is 0 Å². The minimum Gasteiger partial charge on any atom is -0.0651 e. The van der Waals surface area contributed by atoms with Crippen molar-refractivity contribution in [2.45, 2.75) is 71.1 Å². The molecule has 82 valence electrons. The summed E-state index contributed by atoms with van der Waals surface area (Å²) in [5, 5.41) is 0. The summed E-state index contributed by atoms with van der Waals surface area (Å²) in [7, 11) is 0. The van der Waals surface area contributed by atoms with Crippen molar-refractivity contribution < 1.29 is 0 Å². The van der Waals surface area contributed by atoms with Crippen molar-refractivity contribution in [3.8, 4) is 0 Å². The Balaban J connectivity index is 1.73. The lowest BCUT2D eigenvalue weighted by atomic mass is 9.76. The molecule has 0 N–H and O–H groups in total. The minimum atomic E-state index is 1.08. The Bertz CT molecular complexity index is 155. The van der Waals surface area contributed by atoms with Crippen LogP contribution in [0.4, 0.5) is 0 Å². The van der Waals surface area contributed by atoms with Crippen LogP contribution in [0.5, 0.6) is 0 Å². The van der Waals surface area contributed by atoms with Gasteiger partial charge >= 0.3 is 0 Å². The molecule has 2 aliphatic carbocycles. The van der Waals surface area contributed by atoms with Crippen molar-refractivity contribution in [1.29, 1.82) is 0 Å². The molecule has 0 aromatic carbocycles. The molecule has 0 aromatic rings. The van der Waals surface area contributed by atoms with Crippen LogP contribution in [-0.2, 0) is 0 Å². The number of hydrogen-bond acceptors (Lipinski definition) is 0. The molecule has 0 radical (unpaired) electrons. The van der Waals surface area contributed by atoms with E-state index < -0.39 is 0 Å². The summed E-state index contributed by atoms with van der Waals surface area (Å²) in [4.78, 5) is 0. The van der Waals surface area contributed by atoms with Gasteiger partial charge in [-0.3, -0.25) is 0 Å². The van der Waals surface area contributed by atoms with Crippen molar-refractivity contribution in [3.63, 3.8) is 0 Å². The van der Waals surface area contributed by atoms with E-state index in [2.05, 4.69) is 6.92 Å². The van der Waals surface area contributed by atoms with Crippen LogP contribution in [0, 0.1) is 17.8 Å². The molecule has 0 spiro atoms. The van der Waals surface area contributed by atoms with Gasteiger partial charge in [-0.1, -0.05) is 58.3 Å². The van der Waals surface area contributed by atoms with E-state index in [0.717, 1.165) is 17.8 Å². The van der Waals surface area contributed by atoms with Crippen LogP contribution >= 0.6 is 0 Å². The average Bonchev–Trinajstić information content (AvgIpc) is 2.71. The number of hydrogen-bond donors (Lipinski definition) is 0. The molecule has 0 heteroatoms. The lowest BCUT2D eigenvalue weighted by molar-refractivity contribution is 0.223. The summed E-state index contributed by atoms with van der Waals surface area (Å²) in [6.07, 6.45) is 15.3. The summed E-state index contributed by atoms with van der Waals surface area (Å²) >= 11 is 0. The van der Waals surface area contributed by atoms with E-state index in [1.165, 1.54) is 32.1 Å². The van der Waals surface area contributed by atoms with Crippen LogP contribution in [0.25, 0.3) is 0 Å². The van der Waals surface area contributed by atoms with Crippen molar-refractivity contribution in [3.05, 3.63) is 0 Å². The Kier molecular flexibility index (Phi) is 3.89. The van der Waals surface area contributed by atoms with E-state index >= 15 is 0 Å². The van der Waals surface area contributed by atoms with Gasteiger partial charge in [0.2, 0.25) is 0 Å². The lowest BCUT2D eigenvalue weighted by Crippen LogP contribution is -2.17. The highest BCUT2D eigenvalue weighted by molar-refractivity contribution is 4.77. The number of rotatable bonds is 3. The highest BCUT2D eigenvalue weighted by atomic mass is 14.3. The second-order valence-electron chi connectivity index (χ2n) is 5.69. The zero-order valence-corrected chi connectivity index (χ0v) is 9.80. The first-order valence-electron chi connectivity index (χ1n) is 6.88. The second-order valence-corrected chi connectivity index (χ2v) is 5.69. The Morgan fingerprint density at radius 3 is 2.14 bits per heavy atom. The van der Waals surface area contributed by atoms with Gasteiger partial charge in [-0.15, -0.1) is 0 Å². The molecule has 0 bridgehead atoms. The molecule has 0 aliphatic heterocycles. The first-order valence-corrected chi connectivity index (χ1v) is 6.88. The molecule has 0 nitrogen and oxygen atoms in total. The van der Waals surface area contributed by atoms with E-state index in [1.54, 1.807) is 32.1 Å². The second kappa shape index (κ2) is 5.19. The Morgan fingerprint density at radius 1 is 0.786 bits per heavy atom. The Morgan fingerprint density at radius 2 is 1.43 bits per heavy atom. The zero-order chi connectivity index (χ0) is 9.80. The molecule has 2 fully saturated rings. The predicted molar refractivity (Wildman–Crippen MR) is 62.3 cm³/mol. The monoisotopic (exact) mass is 194 g/mol. The van der Waals surface area contributed by atoms with Crippen molar-refractivity contribution in [2.75, 3.05) is 0 Å². The van der Waals surface area contributed by atoms with Gasteiger partial charge in [-0.2, -0.15) is 0 Å². The predicted octanol–water partition coefficient (Wildman–Crippen LogP) is 4.78. The van der Waals surface area contributed by atoms with Crippen molar-refractivity contribution in [2.24, 2.45) is 17.8 Å². The fourth-order valence-electron chi connectivity index (χ4n) is 3.70. The maximum Gasteiger partial charge on any atom is -0.0409 e. The third kappa shape index (κ3) is 2.74. The molecule has 2 atom stereocenters. The fraction of sp³-hybridized carbons (Fsp3) is 1.00. The zero-order valence-electron chi connectivity index (χ0n) is 9.80. The standard InChI is InChI=1S/C14H26/c1-2-12-8-5-9-14(10-12)11-13-6-3-4-7-13/h12-14H,2-11H2,1H3/t12?,14-/m0/s1. The maximum absolute atomic E-state index is 2.38. The largest absolute Gasteiger partial charge is 0.0651 e. The van der Waals surface area contributed by atoms with Crippen LogP contribution in [0.2, 0.25) is 0 Å². The van der Waals surface area contributed by atoms with Crippen LogP contribution in [0.3, 0.4) is 0 Å². The molecule has 0 saturated heterocycles. The molecular weight excluding hydrogens is 168 g/mol. The first-order chi connectivity index (χ1) is 6.88. The Hall–Kier alpha value is 0. The van der Waals surface area contributed by atoms with Gasteiger partial charge in [0.05, 0.1) is 0 Å². The highest BCUT2D eigenvalue weighted by Gasteiger charge is 2.24. The molecule has 2 rings (SSSR count). The quantitative estimate of drug-likeness (QED) is 0.606. The van der Waals surface area contributed by atoms with Crippen molar-refractivity contribution in [1.82, 2.24) is 0 Å². The van der Waals surface area contributed by atoms with E-state index in [9.17, 15) is 0 Å². The highest BCUT2D eigenvalue weighted by Crippen LogP contribution is 2.38. The van der Waals surface area contributed by atoms with Crippen LogP contribution in [0.1, 0.15) is 71.1 Å². The van der Waals surface area contributed by atoms with E-state index in [-0.39, 0.29) is 0 Å². The third-order valence-corrected chi connectivity index (χ3v) is 4.61. The van der Waals surface area contributed by atoms with Gasteiger partial charge in [0.25, 0.3) is 0 Å².